The SMILES string of the molecule is CCCCc1noc(CN2CCN(S(=O)(=O)c3c(F)cccc3F)CC2)n1. The first-order valence-electron chi connectivity index (χ1n) is 8.89. The molecule has 148 valence electrons. The maximum absolute atomic E-state index is 13.9. The van der Waals surface area contributed by atoms with E-state index in [1.807, 2.05) is 4.90 Å². The molecule has 1 aromatic heterocycles. The Morgan fingerprint density at radius 2 is 1.81 bits per heavy atom. The monoisotopic (exact) mass is 400 g/mol. The number of aromatic nitrogens is 2. The summed E-state index contributed by atoms with van der Waals surface area (Å²) in [5.41, 5.74) is 0. The van der Waals surface area contributed by atoms with E-state index >= 15 is 0 Å². The second-order valence-electron chi connectivity index (χ2n) is 6.44. The van der Waals surface area contributed by atoms with Gasteiger partial charge in [0, 0.05) is 32.6 Å². The van der Waals surface area contributed by atoms with Gasteiger partial charge >= 0.3 is 0 Å². The Balaban J connectivity index is 1.61. The molecule has 2 aromatic rings. The highest BCUT2D eigenvalue weighted by molar-refractivity contribution is 7.89. The lowest BCUT2D eigenvalue weighted by molar-refractivity contribution is 0.163. The first-order valence-corrected chi connectivity index (χ1v) is 10.3. The molecule has 0 N–H and O–H groups in total. The molecule has 10 heteroatoms. The molecular formula is C17H22F2N4O3S. The minimum atomic E-state index is -4.22. The topological polar surface area (TPSA) is 79.5 Å². The molecule has 0 amide bonds. The van der Waals surface area contributed by atoms with E-state index in [4.69, 9.17) is 4.52 Å². The zero-order valence-electron chi connectivity index (χ0n) is 15.1. The first kappa shape index (κ1) is 19.8. The van der Waals surface area contributed by atoms with Crippen LogP contribution >= 0.6 is 0 Å². The maximum atomic E-state index is 13.9. The van der Waals surface area contributed by atoms with Crippen molar-refractivity contribution in [2.75, 3.05) is 26.2 Å². The van der Waals surface area contributed by atoms with Crippen LogP contribution < -0.4 is 0 Å². The van der Waals surface area contributed by atoms with Crippen molar-refractivity contribution in [1.82, 2.24) is 19.3 Å². The number of nitrogens with zero attached hydrogens (tertiary/aromatic N) is 4. The second-order valence-corrected chi connectivity index (χ2v) is 8.31. The summed E-state index contributed by atoms with van der Waals surface area (Å²) >= 11 is 0. The van der Waals surface area contributed by atoms with Crippen molar-refractivity contribution in [2.45, 2.75) is 37.6 Å². The van der Waals surface area contributed by atoms with Crippen LogP contribution in [-0.2, 0) is 23.0 Å². The van der Waals surface area contributed by atoms with Crippen LogP contribution in [0.1, 0.15) is 31.5 Å². The van der Waals surface area contributed by atoms with E-state index in [-0.39, 0.29) is 13.1 Å². The van der Waals surface area contributed by atoms with Gasteiger partial charge in [-0.1, -0.05) is 24.6 Å². The van der Waals surface area contributed by atoms with Gasteiger partial charge in [-0.15, -0.1) is 0 Å². The minimum absolute atomic E-state index is 0.132. The van der Waals surface area contributed by atoms with E-state index in [1.165, 1.54) is 0 Å². The van der Waals surface area contributed by atoms with E-state index in [2.05, 4.69) is 17.1 Å². The molecule has 7 nitrogen and oxygen atoms in total. The number of aryl methyl sites for hydroxylation is 1. The molecular weight excluding hydrogens is 378 g/mol. The average molecular weight is 400 g/mol. The highest BCUT2D eigenvalue weighted by Gasteiger charge is 2.33. The summed E-state index contributed by atoms with van der Waals surface area (Å²) in [6.45, 7) is 3.58. The molecule has 1 saturated heterocycles. The summed E-state index contributed by atoms with van der Waals surface area (Å²) < 4.78 is 59.2. The Hall–Kier alpha value is -1.91. The lowest BCUT2D eigenvalue weighted by Gasteiger charge is -2.33. The highest BCUT2D eigenvalue weighted by Crippen LogP contribution is 2.23. The van der Waals surface area contributed by atoms with Gasteiger partial charge in [0.05, 0.1) is 6.54 Å². The van der Waals surface area contributed by atoms with Crippen molar-refractivity contribution in [3.05, 3.63) is 41.5 Å². The van der Waals surface area contributed by atoms with E-state index in [0.29, 0.717) is 31.3 Å². The quantitative estimate of drug-likeness (QED) is 0.709. The van der Waals surface area contributed by atoms with Gasteiger partial charge in [-0.3, -0.25) is 4.90 Å². The summed E-state index contributed by atoms with van der Waals surface area (Å²) in [6, 6.07) is 3.02. The van der Waals surface area contributed by atoms with E-state index in [9.17, 15) is 17.2 Å². The van der Waals surface area contributed by atoms with Crippen LogP contribution in [0.25, 0.3) is 0 Å². The van der Waals surface area contributed by atoms with Gasteiger partial charge in [0.1, 0.15) is 11.6 Å². The van der Waals surface area contributed by atoms with Crippen LogP contribution in [0.15, 0.2) is 27.6 Å². The predicted octanol–water partition coefficient (Wildman–Crippen LogP) is 2.20. The highest BCUT2D eigenvalue weighted by atomic mass is 32.2. The van der Waals surface area contributed by atoms with Gasteiger partial charge in [0.15, 0.2) is 10.7 Å². The standard InChI is InChI=1S/C17H22F2N4O3S/c1-2-3-7-15-20-16(26-21-15)12-22-8-10-23(11-9-22)27(24,25)17-13(18)5-4-6-14(17)19/h4-6H,2-3,7-12H2,1H3. The molecule has 0 unspecified atom stereocenters. The number of benzene rings is 1. The van der Waals surface area contributed by atoms with Crippen LogP contribution in [0, 0.1) is 11.6 Å². The number of halogens is 2. The van der Waals surface area contributed by atoms with Crippen molar-refractivity contribution in [3.8, 4) is 0 Å². The second kappa shape index (κ2) is 8.41. The minimum Gasteiger partial charge on any atom is -0.338 e. The molecule has 1 aromatic carbocycles. The van der Waals surface area contributed by atoms with Gasteiger partial charge in [0.25, 0.3) is 0 Å². The molecule has 1 aliphatic rings. The molecule has 0 radical (unpaired) electrons. The Labute approximate surface area is 157 Å². The molecule has 0 bridgehead atoms. The lowest BCUT2D eigenvalue weighted by Crippen LogP contribution is -2.48. The molecule has 1 fully saturated rings. The van der Waals surface area contributed by atoms with E-state index in [1.54, 1.807) is 0 Å². The number of rotatable bonds is 7. The number of hydrogen-bond acceptors (Lipinski definition) is 6. The molecule has 0 spiro atoms. The number of unbranched alkanes of at least 4 members (excludes halogenated alkanes) is 1. The molecule has 0 atom stereocenters. The maximum Gasteiger partial charge on any atom is 0.249 e. The predicted molar refractivity (Wildman–Crippen MR) is 93.3 cm³/mol. The summed E-state index contributed by atoms with van der Waals surface area (Å²) in [6.07, 6.45) is 2.80. The summed E-state index contributed by atoms with van der Waals surface area (Å²) in [7, 11) is -4.22. The molecule has 27 heavy (non-hydrogen) atoms. The summed E-state index contributed by atoms with van der Waals surface area (Å²) in [5, 5.41) is 3.93. The zero-order valence-corrected chi connectivity index (χ0v) is 15.9. The largest absolute Gasteiger partial charge is 0.338 e. The third-order valence-corrected chi connectivity index (χ3v) is 6.42. The Morgan fingerprint density at radius 3 is 2.44 bits per heavy atom. The Bertz CT molecular complexity index is 860. The normalized spacial score (nSPS) is 16.7. The fourth-order valence-corrected chi connectivity index (χ4v) is 4.50. The third-order valence-electron chi connectivity index (χ3n) is 4.47. The van der Waals surface area contributed by atoms with Gasteiger partial charge in [-0.05, 0) is 18.6 Å². The van der Waals surface area contributed by atoms with Gasteiger partial charge in [-0.2, -0.15) is 9.29 Å². The van der Waals surface area contributed by atoms with Crippen molar-refractivity contribution >= 4 is 10.0 Å². The van der Waals surface area contributed by atoms with Crippen LogP contribution in [0.2, 0.25) is 0 Å². The smallest absolute Gasteiger partial charge is 0.249 e. The van der Waals surface area contributed by atoms with Gasteiger partial charge in [0.2, 0.25) is 15.9 Å². The molecule has 0 aliphatic carbocycles. The lowest BCUT2D eigenvalue weighted by atomic mass is 10.2. The zero-order chi connectivity index (χ0) is 19.4. The van der Waals surface area contributed by atoms with E-state index in [0.717, 1.165) is 41.8 Å². The number of hydrogen-bond donors (Lipinski definition) is 0. The molecule has 2 heterocycles. The first-order chi connectivity index (χ1) is 12.9. The molecule has 0 saturated carbocycles. The van der Waals surface area contributed by atoms with Crippen molar-refractivity contribution in [1.29, 1.82) is 0 Å². The summed E-state index contributed by atoms with van der Waals surface area (Å²) in [4.78, 5) is 5.41. The van der Waals surface area contributed by atoms with Crippen LogP contribution in [0.4, 0.5) is 8.78 Å². The van der Waals surface area contributed by atoms with Crippen molar-refractivity contribution < 1.29 is 21.7 Å². The molecule has 1 aliphatic heterocycles. The number of piperazine rings is 1. The Kier molecular flexibility index (Phi) is 6.18. The average Bonchev–Trinajstić information content (AvgIpc) is 3.07. The number of sulfonamides is 1. The van der Waals surface area contributed by atoms with Crippen molar-refractivity contribution in [2.24, 2.45) is 0 Å². The fourth-order valence-electron chi connectivity index (χ4n) is 2.97. The van der Waals surface area contributed by atoms with Crippen LogP contribution in [-0.4, -0.2) is 53.9 Å². The van der Waals surface area contributed by atoms with Crippen LogP contribution in [0.3, 0.4) is 0 Å². The van der Waals surface area contributed by atoms with Gasteiger partial charge in [-0.25, -0.2) is 17.2 Å². The molecule has 3 rings (SSSR count). The Morgan fingerprint density at radius 1 is 1.15 bits per heavy atom. The van der Waals surface area contributed by atoms with Crippen LogP contribution in [0.5, 0.6) is 0 Å². The summed E-state index contributed by atoms with van der Waals surface area (Å²) in [5.74, 6) is -1.01. The van der Waals surface area contributed by atoms with E-state index < -0.39 is 26.6 Å². The third kappa shape index (κ3) is 4.50. The fraction of sp³-hybridized carbons (Fsp3) is 0.529. The van der Waals surface area contributed by atoms with Gasteiger partial charge < -0.3 is 4.52 Å². The van der Waals surface area contributed by atoms with Crippen molar-refractivity contribution in [3.63, 3.8) is 0 Å².